The van der Waals surface area contributed by atoms with Crippen molar-refractivity contribution in [3.8, 4) is 0 Å². The number of hydrogen-bond acceptors (Lipinski definition) is 3. The highest BCUT2D eigenvalue weighted by atomic mass is 79.9. The number of carbonyl (C=O) groups is 2. The lowest BCUT2D eigenvalue weighted by molar-refractivity contribution is 0.0725. The van der Waals surface area contributed by atoms with Crippen LogP contribution in [0, 0.1) is 0 Å². The van der Waals surface area contributed by atoms with Gasteiger partial charge in [0.1, 0.15) is 0 Å². The van der Waals surface area contributed by atoms with E-state index < -0.39 is 0 Å². The molecule has 1 fully saturated rings. The van der Waals surface area contributed by atoms with E-state index in [1.807, 2.05) is 17.0 Å². The van der Waals surface area contributed by atoms with Crippen molar-refractivity contribution in [3.05, 3.63) is 64.1 Å². The number of halogens is 1. The third-order valence-corrected chi connectivity index (χ3v) is 5.12. The molecule has 5 nitrogen and oxygen atoms in total. The monoisotopic (exact) mass is 445 g/mol. The molecule has 0 bridgehead atoms. The number of nitrogens with zero attached hydrogens (tertiary/aromatic N) is 1. The first-order valence-corrected chi connectivity index (χ1v) is 10.0. The summed E-state index contributed by atoms with van der Waals surface area (Å²) in [4.78, 5) is 27.0. The Hall–Kier alpha value is -2.25. The third kappa shape index (κ3) is 5.14. The first-order chi connectivity index (χ1) is 13.0. The maximum absolute atomic E-state index is 12.8. The van der Waals surface area contributed by atoms with Gasteiger partial charge in [-0.15, -0.1) is 0 Å². The van der Waals surface area contributed by atoms with Crippen LogP contribution in [0.2, 0.25) is 0 Å². The molecular formula is C20H20BrN3O2S. The Morgan fingerprint density at radius 2 is 1.63 bits per heavy atom. The fourth-order valence-corrected chi connectivity index (χ4v) is 3.44. The highest BCUT2D eigenvalue weighted by Crippen LogP contribution is 2.20. The average Bonchev–Trinajstić information content (AvgIpc) is 2.69. The molecule has 2 aromatic carbocycles. The number of para-hydroxylation sites is 1. The molecule has 0 spiro atoms. The summed E-state index contributed by atoms with van der Waals surface area (Å²) < 4.78 is 0.893. The zero-order valence-electron chi connectivity index (χ0n) is 14.7. The maximum atomic E-state index is 12.8. The van der Waals surface area contributed by atoms with Gasteiger partial charge in [0.2, 0.25) is 0 Å². The van der Waals surface area contributed by atoms with Crippen LogP contribution in [0.15, 0.2) is 53.0 Å². The normalized spacial score (nSPS) is 13.7. The predicted molar refractivity (Wildman–Crippen MR) is 114 cm³/mol. The van der Waals surface area contributed by atoms with E-state index in [1.54, 1.807) is 36.4 Å². The van der Waals surface area contributed by atoms with Crippen molar-refractivity contribution in [1.82, 2.24) is 10.2 Å². The number of likely N-dealkylation sites (tertiary alicyclic amines) is 1. The molecule has 1 heterocycles. The van der Waals surface area contributed by atoms with Crippen LogP contribution in [0.3, 0.4) is 0 Å². The number of benzene rings is 2. The number of amides is 2. The van der Waals surface area contributed by atoms with Crippen LogP contribution in [0.1, 0.15) is 40.0 Å². The smallest absolute Gasteiger partial charge is 0.257 e. The topological polar surface area (TPSA) is 61.4 Å². The van der Waals surface area contributed by atoms with Gasteiger partial charge in [-0.1, -0.05) is 28.1 Å². The molecule has 3 rings (SSSR count). The van der Waals surface area contributed by atoms with Crippen LogP contribution in [0.4, 0.5) is 5.69 Å². The molecule has 27 heavy (non-hydrogen) atoms. The van der Waals surface area contributed by atoms with Gasteiger partial charge in [-0.25, -0.2) is 0 Å². The molecule has 0 atom stereocenters. The van der Waals surface area contributed by atoms with Crippen LogP contribution < -0.4 is 10.6 Å². The summed E-state index contributed by atoms with van der Waals surface area (Å²) in [5, 5.41) is 5.79. The van der Waals surface area contributed by atoms with E-state index in [-0.39, 0.29) is 16.9 Å². The van der Waals surface area contributed by atoms with E-state index in [9.17, 15) is 9.59 Å². The summed E-state index contributed by atoms with van der Waals surface area (Å²) in [6, 6.07) is 14.2. The van der Waals surface area contributed by atoms with Crippen LogP contribution in [-0.2, 0) is 0 Å². The van der Waals surface area contributed by atoms with Gasteiger partial charge in [0.25, 0.3) is 11.8 Å². The summed E-state index contributed by atoms with van der Waals surface area (Å²) >= 11 is 8.60. The lowest BCUT2D eigenvalue weighted by Crippen LogP contribution is -2.37. The number of carbonyl (C=O) groups excluding carboxylic acids is 2. The van der Waals surface area contributed by atoms with Crippen LogP contribution >= 0.6 is 28.1 Å². The van der Waals surface area contributed by atoms with Crippen molar-refractivity contribution in [3.63, 3.8) is 0 Å². The Balaban J connectivity index is 1.68. The molecule has 140 valence electrons. The number of nitrogens with one attached hydrogen (secondary N) is 2. The summed E-state index contributed by atoms with van der Waals surface area (Å²) in [6.45, 7) is 1.55. The second-order valence-corrected chi connectivity index (χ2v) is 7.64. The van der Waals surface area contributed by atoms with Crippen molar-refractivity contribution >= 4 is 50.8 Å². The lowest BCUT2D eigenvalue weighted by atomic mass is 10.1. The van der Waals surface area contributed by atoms with Gasteiger partial charge >= 0.3 is 0 Å². The van der Waals surface area contributed by atoms with E-state index in [1.165, 1.54) is 0 Å². The summed E-state index contributed by atoms with van der Waals surface area (Å²) in [5.74, 6) is -0.320. The number of piperidine rings is 1. The number of hydrogen-bond donors (Lipinski definition) is 2. The van der Waals surface area contributed by atoms with Crippen LogP contribution in [-0.4, -0.2) is 34.9 Å². The predicted octanol–water partition coefficient (Wildman–Crippen LogP) is 4.20. The Bertz CT molecular complexity index is 849. The molecule has 2 amide bonds. The summed E-state index contributed by atoms with van der Waals surface area (Å²) in [7, 11) is 0. The molecule has 2 aromatic rings. The molecular weight excluding hydrogens is 426 g/mol. The van der Waals surface area contributed by atoms with Gasteiger partial charge in [-0.2, -0.15) is 0 Å². The standard InChI is InChI=1S/C20H20BrN3O2S/c21-15-10-8-14(9-11-15)18(25)23-20(27)22-17-7-3-2-6-16(17)19(26)24-12-4-1-5-13-24/h2-3,6-11H,1,4-5,12-13H2,(H2,22,23,25,27). The van der Waals surface area contributed by atoms with E-state index in [0.29, 0.717) is 16.8 Å². The second-order valence-electron chi connectivity index (χ2n) is 6.31. The molecule has 1 aliphatic rings. The lowest BCUT2D eigenvalue weighted by Gasteiger charge is -2.27. The second kappa shape index (κ2) is 9.10. The van der Waals surface area contributed by atoms with E-state index in [2.05, 4.69) is 26.6 Å². The fourth-order valence-electron chi connectivity index (χ4n) is 2.98. The third-order valence-electron chi connectivity index (χ3n) is 4.38. The zero-order chi connectivity index (χ0) is 19.2. The summed E-state index contributed by atoms with van der Waals surface area (Å²) in [5.41, 5.74) is 1.65. The van der Waals surface area contributed by atoms with Crippen LogP contribution in [0.5, 0.6) is 0 Å². The summed E-state index contributed by atoms with van der Waals surface area (Å²) in [6.07, 6.45) is 3.22. The first-order valence-electron chi connectivity index (χ1n) is 8.81. The largest absolute Gasteiger partial charge is 0.339 e. The maximum Gasteiger partial charge on any atom is 0.257 e. The molecule has 1 saturated heterocycles. The van der Waals surface area contributed by atoms with Crippen molar-refractivity contribution in [2.45, 2.75) is 19.3 Å². The molecule has 1 aliphatic heterocycles. The van der Waals surface area contributed by atoms with Gasteiger partial charge < -0.3 is 10.2 Å². The molecule has 0 radical (unpaired) electrons. The Kier molecular flexibility index (Phi) is 6.58. The van der Waals surface area contributed by atoms with Gasteiger partial charge in [-0.05, 0) is 67.9 Å². The van der Waals surface area contributed by atoms with Gasteiger partial charge in [0.05, 0.1) is 11.3 Å². The Labute approximate surface area is 172 Å². The first kappa shape index (κ1) is 19.5. The van der Waals surface area contributed by atoms with E-state index in [0.717, 1.165) is 36.8 Å². The minimum Gasteiger partial charge on any atom is -0.339 e. The van der Waals surface area contributed by atoms with Crippen molar-refractivity contribution in [2.75, 3.05) is 18.4 Å². The zero-order valence-corrected chi connectivity index (χ0v) is 17.1. The molecule has 7 heteroatoms. The Morgan fingerprint density at radius 1 is 0.963 bits per heavy atom. The van der Waals surface area contributed by atoms with E-state index in [4.69, 9.17) is 12.2 Å². The Morgan fingerprint density at radius 3 is 2.33 bits per heavy atom. The van der Waals surface area contributed by atoms with Crippen molar-refractivity contribution in [1.29, 1.82) is 0 Å². The minimum atomic E-state index is -0.306. The average molecular weight is 446 g/mol. The number of anilines is 1. The minimum absolute atomic E-state index is 0.0140. The quantitative estimate of drug-likeness (QED) is 0.694. The van der Waals surface area contributed by atoms with Crippen molar-refractivity contribution < 1.29 is 9.59 Å². The van der Waals surface area contributed by atoms with Gasteiger partial charge in [0, 0.05) is 23.1 Å². The number of thiocarbonyl (C=S) groups is 1. The molecule has 0 aliphatic carbocycles. The fraction of sp³-hybridized carbons (Fsp3) is 0.250. The molecule has 2 N–H and O–H groups in total. The molecule has 0 saturated carbocycles. The van der Waals surface area contributed by atoms with Crippen molar-refractivity contribution in [2.24, 2.45) is 0 Å². The highest BCUT2D eigenvalue weighted by molar-refractivity contribution is 9.10. The highest BCUT2D eigenvalue weighted by Gasteiger charge is 2.21. The van der Waals surface area contributed by atoms with Gasteiger partial charge in [-0.3, -0.25) is 14.9 Å². The van der Waals surface area contributed by atoms with Gasteiger partial charge in [0.15, 0.2) is 5.11 Å². The molecule has 0 aromatic heterocycles. The molecule has 0 unspecified atom stereocenters. The van der Waals surface area contributed by atoms with Crippen LogP contribution in [0.25, 0.3) is 0 Å². The SMILES string of the molecule is O=C(NC(=S)Nc1ccccc1C(=O)N1CCCCC1)c1ccc(Br)cc1. The van der Waals surface area contributed by atoms with E-state index >= 15 is 0 Å². The number of rotatable bonds is 3.